The van der Waals surface area contributed by atoms with Crippen LogP contribution in [0.2, 0.25) is 0 Å². The molecular formula is C31H32N2O3S. The highest BCUT2D eigenvalue weighted by Gasteiger charge is 2.28. The van der Waals surface area contributed by atoms with Gasteiger partial charge in [-0.15, -0.1) is 0 Å². The summed E-state index contributed by atoms with van der Waals surface area (Å²) < 4.78 is 29.1. The fourth-order valence-electron chi connectivity index (χ4n) is 4.23. The first kappa shape index (κ1) is 26.2. The largest absolute Gasteiger partial charge is 0.352 e. The highest BCUT2D eigenvalue weighted by atomic mass is 32.2. The van der Waals surface area contributed by atoms with E-state index in [0.29, 0.717) is 17.8 Å². The standard InChI is InChI=1S/C31H32N2O3S/c1-24-17-19-28(20-18-24)37(35,36)33(23-27-11-4-3-5-12-27)30-16-7-6-15-29(30)31(34)32-21-9-14-26-13-8-10-25(2)22-26/h3-8,10-13,15-20,22H,9,14,21,23H2,1-2H3,(H,32,34). The summed E-state index contributed by atoms with van der Waals surface area (Å²) in [6.07, 6.45) is 1.64. The molecule has 5 nitrogen and oxygen atoms in total. The number of anilines is 1. The molecule has 6 heteroatoms. The first-order valence-electron chi connectivity index (χ1n) is 12.4. The number of hydrogen-bond acceptors (Lipinski definition) is 3. The zero-order valence-corrected chi connectivity index (χ0v) is 22.0. The van der Waals surface area contributed by atoms with Crippen LogP contribution < -0.4 is 9.62 Å². The van der Waals surface area contributed by atoms with Gasteiger partial charge in [0.2, 0.25) is 0 Å². The molecule has 0 radical (unpaired) electrons. The van der Waals surface area contributed by atoms with E-state index in [-0.39, 0.29) is 17.3 Å². The van der Waals surface area contributed by atoms with Crippen molar-refractivity contribution in [2.24, 2.45) is 0 Å². The zero-order valence-electron chi connectivity index (χ0n) is 21.2. The minimum absolute atomic E-state index is 0.106. The Morgan fingerprint density at radius 1 is 0.757 bits per heavy atom. The van der Waals surface area contributed by atoms with E-state index >= 15 is 0 Å². The number of benzene rings is 4. The van der Waals surface area contributed by atoms with E-state index < -0.39 is 10.0 Å². The van der Waals surface area contributed by atoms with Crippen LogP contribution in [-0.4, -0.2) is 20.9 Å². The van der Waals surface area contributed by atoms with Gasteiger partial charge in [0.05, 0.1) is 22.7 Å². The SMILES string of the molecule is Cc1ccc(S(=O)(=O)N(Cc2ccccc2)c2ccccc2C(=O)NCCCc2cccc(C)c2)cc1. The van der Waals surface area contributed by atoms with Crippen LogP contribution in [0.5, 0.6) is 0 Å². The number of para-hydroxylation sites is 1. The monoisotopic (exact) mass is 512 g/mol. The Hall–Kier alpha value is -3.90. The van der Waals surface area contributed by atoms with Gasteiger partial charge in [-0.1, -0.05) is 90.0 Å². The average molecular weight is 513 g/mol. The van der Waals surface area contributed by atoms with Crippen molar-refractivity contribution in [1.82, 2.24) is 5.32 Å². The molecule has 37 heavy (non-hydrogen) atoms. The molecule has 4 aromatic carbocycles. The molecule has 0 fully saturated rings. The Balaban J connectivity index is 1.59. The number of carbonyl (C=O) groups excluding carboxylic acids is 1. The summed E-state index contributed by atoms with van der Waals surface area (Å²) in [6, 6.07) is 31.4. The van der Waals surface area contributed by atoms with Gasteiger partial charge in [0.15, 0.2) is 0 Å². The van der Waals surface area contributed by atoms with Crippen LogP contribution in [0, 0.1) is 13.8 Å². The average Bonchev–Trinajstić information content (AvgIpc) is 2.90. The van der Waals surface area contributed by atoms with E-state index in [1.165, 1.54) is 15.4 Å². The van der Waals surface area contributed by atoms with Crippen molar-refractivity contribution in [3.05, 3.63) is 131 Å². The fraction of sp³-hybridized carbons (Fsp3) is 0.194. The Bertz CT molecular complexity index is 1450. The van der Waals surface area contributed by atoms with E-state index in [9.17, 15) is 13.2 Å². The van der Waals surface area contributed by atoms with Crippen molar-refractivity contribution in [3.63, 3.8) is 0 Å². The topological polar surface area (TPSA) is 66.5 Å². The molecule has 0 aliphatic carbocycles. The highest BCUT2D eigenvalue weighted by molar-refractivity contribution is 7.92. The van der Waals surface area contributed by atoms with Gasteiger partial charge in [-0.2, -0.15) is 0 Å². The second kappa shape index (κ2) is 11.9. The van der Waals surface area contributed by atoms with E-state index in [4.69, 9.17) is 0 Å². The van der Waals surface area contributed by atoms with Gasteiger partial charge in [0.1, 0.15) is 0 Å². The summed E-state index contributed by atoms with van der Waals surface area (Å²) in [5, 5.41) is 2.98. The number of rotatable bonds is 10. The maximum absolute atomic E-state index is 13.9. The lowest BCUT2D eigenvalue weighted by molar-refractivity contribution is 0.0954. The molecule has 0 bridgehead atoms. The maximum Gasteiger partial charge on any atom is 0.264 e. The van der Waals surface area contributed by atoms with Gasteiger partial charge in [-0.3, -0.25) is 9.10 Å². The van der Waals surface area contributed by atoms with Crippen LogP contribution in [0.1, 0.15) is 39.0 Å². The van der Waals surface area contributed by atoms with Gasteiger partial charge in [-0.05, 0) is 62.1 Å². The van der Waals surface area contributed by atoms with Crippen LogP contribution in [-0.2, 0) is 23.0 Å². The minimum atomic E-state index is -3.94. The Morgan fingerprint density at radius 3 is 2.16 bits per heavy atom. The second-order valence-electron chi connectivity index (χ2n) is 9.18. The summed E-state index contributed by atoms with van der Waals surface area (Å²) in [4.78, 5) is 13.4. The molecule has 0 heterocycles. The van der Waals surface area contributed by atoms with Gasteiger partial charge < -0.3 is 5.32 Å². The maximum atomic E-state index is 13.9. The van der Waals surface area contributed by atoms with Crippen LogP contribution in [0.25, 0.3) is 0 Å². The summed E-state index contributed by atoms with van der Waals surface area (Å²) in [5.74, 6) is -0.294. The third-order valence-corrected chi connectivity index (χ3v) is 7.98. The molecule has 190 valence electrons. The van der Waals surface area contributed by atoms with Gasteiger partial charge >= 0.3 is 0 Å². The van der Waals surface area contributed by atoms with E-state index in [0.717, 1.165) is 24.0 Å². The summed E-state index contributed by atoms with van der Waals surface area (Å²) in [5.41, 5.74) is 4.91. The van der Waals surface area contributed by atoms with Crippen molar-refractivity contribution < 1.29 is 13.2 Å². The quantitative estimate of drug-likeness (QED) is 0.263. The van der Waals surface area contributed by atoms with Crippen LogP contribution in [0.15, 0.2) is 108 Å². The molecule has 4 rings (SSSR count). The lowest BCUT2D eigenvalue weighted by Crippen LogP contribution is -2.33. The lowest BCUT2D eigenvalue weighted by atomic mass is 10.1. The molecule has 0 atom stereocenters. The number of amides is 1. The third-order valence-electron chi connectivity index (χ3n) is 6.21. The predicted molar refractivity (Wildman–Crippen MR) is 149 cm³/mol. The van der Waals surface area contributed by atoms with Gasteiger partial charge in [-0.25, -0.2) is 8.42 Å². The normalized spacial score (nSPS) is 11.2. The number of nitrogens with one attached hydrogen (secondary N) is 1. The van der Waals surface area contributed by atoms with Crippen molar-refractivity contribution >= 4 is 21.6 Å². The molecule has 0 unspecified atom stereocenters. The van der Waals surface area contributed by atoms with Crippen molar-refractivity contribution in [3.8, 4) is 0 Å². The number of nitrogens with zero attached hydrogens (tertiary/aromatic N) is 1. The van der Waals surface area contributed by atoms with Gasteiger partial charge in [0, 0.05) is 6.54 Å². The van der Waals surface area contributed by atoms with Gasteiger partial charge in [0.25, 0.3) is 15.9 Å². The Kier molecular flexibility index (Phi) is 8.41. The van der Waals surface area contributed by atoms with Crippen LogP contribution >= 0.6 is 0 Å². The predicted octanol–water partition coefficient (Wildman–Crippen LogP) is 6.06. The molecule has 0 saturated carbocycles. The van der Waals surface area contributed by atoms with Crippen molar-refractivity contribution in [1.29, 1.82) is 0 Å². The van der Waals surface area contributed by atoms with Crippen molar-refractivity contribution in [2.45, 2.75) is 38.1 Å². The molecule has 0 spiro atoms. The molecule has 4 aromatic rings. The summed E-state index contributed by atoms with van der Waals surface area (Å²) >= 11 is 0. The first-order chi connectivity index (χ1) is 17.8. The Labute approximate surface area is 219 Å². The molecular weight excluding hydrogens is 480 g/mol. The number of aryl methyl sites for hydroxylation is 3. The number of sulfonamides is 1. The summed E-state index contributed by atoms with van der Waals surface area (Å²) in [6.45, 7) is 4.57. The smallest absolute Gasteiger partial charge is 0.264 e. The Morgan fingerprint density at radius 2 is 1.43 bits per heavy atom. The molecule has 0 aliphatic heterocycles. The molecule has 0 saturated heterocycles. The molecule has 1 N–H and O–H groups in total. The van der Waals surface area contributed by atoms with Crippen LogP contribution in [0.4, 0.5) is 5.69 Å². The van der Waals surface area contributed by atoms with E-state index in [1.54, 1.807) is 48.5 Å². The molecule has 0 aromatic heterocycles. The number of carbonyl (C=O) groups is 1. The summed E-state index contributed by atoms with van der Waals surface area (Å²) in [7, 11) is -3.94. The zero-order chi connectivity index (χ0) is 26.3. The molecule has 1 amide bonds. The minimum Gasteiger partial charge on any atom is -0.352 e. The lowest BCUT2D eigenvalue weighted by Gasteiger charge is -2.26. The first-order valence-corrected chi connectivity index (χ1v) is 13.8. The highest BCUT2D eigenvalue weighted by Crippen LogP contribution is 2.29. The second-order valence-corrected chi connectivity index (χ2v) is 11.0. The fourth-order valence-corrected chi connectivity index (χ4v) is 5.70. The third kappa shape index (κ3) is 6.66. The van der Waals surface area contributed by atoms with E-state index in [2.05, 4.69) is 30.4 Å². The number of hydrogen-bond donors (Lipinski definition) is 1. The van der Waals surface area contributed by atoms with E-state index in [1.807, 2.05) is 43.3 Å². The molecule has 0 aliphatic rings. The van der Waals surface area contributed by atoms with Crippen LogP contribution in [0.3, 0.4) is 0 Å². The van der Waals surface area contributed by atoms with Crippen molar-refractivity contribution in [2.75, 3.05) is 10.8 Å².